The molecule has 0 atom stereocenters. The zero-order valence-corrected chi connectivity index (χ0v) is 27.5. The third-order valence-corrected chi connectivity index (χ3v) is 10.4. The van der Waals surface area contributed by atoms with Gasteiger partial charge < -0.3 is 0 Å². The molecule has 51 heavy (non-hydrogen) atoms. The van der Waals surface area contributed by atoms with E-state index in [4.69, 9.17) is 15.0 Å². The average Bonchev–Trinajstić information content (AvgIpc) is 3.71. The lowest BCUT2D eigenvalue weighted by molar-refractivity contribution is 0.954. The van der Waals surface area contributed by atoms with Crippen molar-refractivity contribution in [3.63, 3.8) is 0 Å². The third kappa shape index (κ3) is 4.17. The fourth-order valence-electron chi connectivity index (χ4n) is 8.14. The summed E-state index contributed by atoms with van der Waals surface area (Å²) in [5, 5.41) is 7.21. The summed E-state index contributed by atoms with van der Waals surface area (Å²) in [6.45, 7) is 0. The Kier molecular flexibility index (Phi) is 5.92. The standard InChI is InChI=1S/C47H28N4/c1-3-13-29(14-4-1)34-25-26-38(44-37-23-12-20-30-19-11-22-36(42(30)37)43(34)44)46-48-45(31-15-5-2-6-16-31)49-47(50-46)51-40-24-10-9-21-35(40)39-27-32-17-7-8-18-33(32)28-41(39)51/h1-28H. The zero-order chi connectivity index (χ0) is 33.5. The minimum absolute atomic E-state index is 0.593. The van der Waals surface area contributed by atoms with Crippen LogP contribution in [0.4, 0.5) is 0 Å². The van der Waals surface area contributed by atoms with E-state index in [0.717, 1.165) is 33.1 Å². The van der Waals surface area contributed by atoms with E-state index in [1.54, 1.807) is 0 Å². The minimum Gasteiger partial charge on any atom is -0.278 e. The number of aromatic nitrogens is 4. The average molecular weight is 649 g/mol. The lowest BCUT2D eigenvalue weighted by atomic mass is 9.90. The molecule has 2 aromatic heterocycles. The van der Waals surface area contributed by atoms with Crippen molar-refractivity contribution in [1.82, 2.24) is 19.5 Å². The van der Waals surface area contributed by atoms with Gasteiger partial charge in [-0.3, -0.25) is 4.57 Å². The van der Waals surface area contributed by atoms with Crippen LogP contribution in [0.2, 0.25) is 0 Å². The molecule has 1 aliphatic rings. The molecular formula is C47H28N4. The van der Waals surface area contributed by atoms with Crippen LogP contribution in [0, 0.1) is 0 Å². The van der Waals surface area contributed by atoms with Crippen molar-refractivity contribution in [3.8, 4) is 62.1 Å². The predicted molar refractivity (Wildman–Crippen MR) is 210 cm³/mol. The van der Waals surface area contributed by atoms with Gasteiger partial charge >= 0.3 is 0 Å². The molecule has 4 nitrogen and oxygen atoms in total. The molecule has 0 fully saturated rings. The van der Waals surface area contributed by atoms with Crippen molar-refractivity contribution in [1.29, 1.82) is 0 Å². The third-order valence-electron chi connectivity index (χ3n) is 10.4. The van der Waals surface area contributed by atoms with Gasteiger partial charge in [-0.05, 0) is 73.6 Å². The van der Waals surface area contributed by atoms with Gasteiger partial charge in [0.2, 0.25) is 5.95 Å². The first-order valence-corrected chi connectivity index (χ1v) is 17.3. The van der Waals surface area contributed by atoms with E-state index in [-0.39, 0.29) is 0 Å². The second-order valence-corrected chi connectivity index (χ2v) is 13.2. The van der Waals surface area contributed by atoms with E-state index in [9.17, 15) is 0 Å². The molecule has 8 aromatic carbocycles. The Hall–Kier alpha value is -6.91. The van der Waals surface area contributed by atoms with Crippen LogP contribution in [-0.2, 0) is 0 Å². The zero-order valence-electron chi connectivity index (χ0n) is 27.5. The quantitative estimate of drug-likeness (QED) is 0.191. The Morgan fingerprint density at radius 1 is 0.353 bits per heavy atom. The largest absolute Gasteiger partial charge is 0.278 e. The minimum atomic E-state index is 0.593. The SMILES string of the molecule is c1ccc(-c2nc(-c3ccc(-c4ccccc4)c4c3-c3cccc5cccc-4c35)nc(-n3c4ccccc4c4cc5ccccc5cc43)n2)cc1. The number of hydrogen-bond acceptors (Lipinski definition) is 3. The number of rotatable bonds is 4. The molecule has 0 unspecified atom stereocenters. The Morgan fingerprint density at radius 2 is 0.941 bits per heavy atom. The van der Waals surface area contributed by atoms with Crippen LogP contribution in [0.1, 0.15) is 0 Å². The normalized spacial score (nSPS) is 11.9. The fourth-order valence-corrected chi connectivity index (χ4v) is 8.14. The summed E-state index contributed by atoms with van der Waals surface area (Å²) in [5.74, 6) is 1.87. The number of nitrogens with zero attached hydrogens (tertiary/aromatic N) is 4. The Labute approximate surface area is 294 Å². The first-order valence-electron chi connectivity index (χ1n) is 17.3. The van der Waals surface area contributed by atoms with Crippen molar-refractivity contribution < 1.29 is 0 Å². The van der Waals surface area contributed by atoms with E-state index in [1.165, 1.54) is 54.7 Å². The van der Waals surface area contributed by atoms with Crippen LogP contribution in [0.15, 0.2) is 170 Å². The van der Waals surface area contributed by atoms with Gasteiger partial charge in [0.15, 0.2) is 11.6 Å². The summed E-state index contributed by atoms with van der Waals surface area (Å²) < 4.78 is 2.21. The van der Waals surface area contributed by atoms with E-state index in [2.05, 4.69) is 156 Å². The highest BCUT2D eigenvalue weighted by Crippen LogP contribution is 2.54. The second kappa shape index (κ2) is 10.8. The van der Waals surface area contributed by atoms with Crippen LogP contribution >= 0.6 is 0 Å². The van der Waals surface area contributed by atoms with Crippen molar-refractivity contribution >= 4 is 43.4 Å². The summed E-state index contributed by atoms with van der Waals surface area (Å²) in [6, 6.07) is 60.2. The monoisotopic (exact) mass is 648 g/mol. The number of fused-ring (bicyclic) bond motifs is 7. The molecule has 0 spiro atoms. The van der Waals surface area contributed by atoms with Gasteiger partial charge in [-0.25, -0.2) is 4.98 Å². The Morgan fingerprint density at radius 3 is 1.71 bits per heavy atom. The maximum absolute atomic E-state index is 5.40. The van der Waals surface area contributed by atoms with Crippen LogP contribution in [0.3, 0.4) is 0 Å². The molecule has 0 aliphatic heterocycles. The van der Waals surface area contributed by atoms with Crippen LogP contribution in [0.25, 0.3) is 105 Å². The van der Waals surface area contributed by atoms with Gasteiger partial charge in [0, 0.05) is 27.5 Å². The summed E-state index contributed by atoms with van der Waals surface area (Å²) in [4.78, 5) is 15.9. The molecule has 0 N–H and O–H groups in total. The van der Waals surface area contributed by atoms with Crippen molar-refractivity contribution in [2.45, 2.75) is 0 Å². The van der Waals surface area contributed by atoms with Crippen LogP contribution in [0.5, 0.6) is 0 Å². The van der Waals surface area contributed by atoms with Gasteiger partial charge in [-0.15, -0.1) is 0 Å². The summed E-state index contributed by atoms with van der Waals surface area (Å²) in [5.41, 5.74) is 11.3. The van der Waals surface area contributed by atoms with E-state index in [1.807, 2.05) is 18.2 Å². The molecule has 1 aliphatic carbocycles. The van der Waals surface area contributed by atoms with Crippen LogP contribution in [-0.4, -0.2) is 19.5 Å². The van der Waals surface area contributed by atoms with Crippen molar-refractivity contribution in [2.75, 3.05) is 0 Å². The molecule has 0 bridgehead atoms. The Bertz CT molecular complexity index is 3010. The smallest absolute Gasteiger partial charge is 0.238 e. The molecule has 0 radical (unpaired) electrons. The van der Waals surface area contributed by atoms with Gasteiger partial charge in [0.05, 0.1) is 11.0 Å². The first-order chi connectivity index (χ1) is 25.3. The summed E-state index contributed by atoms with van der Waals surface area (Å²) >= 11 is 0. The van der Waals surface area contributed by atoms with Crippen LogP contribution < -0.4 is 0 Å². The predicted octanol–water partition coefficient (Wildman–Crippen LogP) is 11.9. The molecule has 11 rings (SSSR count). The van der Waals surface area contributed by atoms with E-state index >= 15 is 0 Å². The maximum Gasteiger partial charge on any atom is 0.238 e. The lowest BCUT2D eigenvalue weighted by Gasteiger charge is -2.16. The molecular weight excluding hydrogens is 621 g/mol. The highest BCUT2D eigenvalue weighted by molar-refractivity contribution is 6.21. The maximum atomic E-state index is 5.40. The number of hydrogen-bond donors (Lipinski definition) is 0. The summed E-state index contributed by atoms with van der Waals surface area (Å²) in [7, 11) is 0. The lowest BCUT2D eigenvalue weighted by Crippen LogP contribution is -2.07. The molecule has 236 valence electrons. The Balaban J connectivity index is 1.24. The van der Waals surface area contributed by atoms with Crippen molar-refractivity contribution in [2.24, 2.45) is 0 Å². The van der Waals surface area contributed by atoms with Gasteiger partial charge in [0.1, 0.15) is 0 Å². The molecule has 0 saturated carbocycles. The molecule has 0 saturated heterocycles. The number of para-hydroxylation sites is 1. The van der Waals surface area contributed by atoms with E-state index < -0.39 is 0 Å². The summed E-state index contributed by atoms with van der Waals surface area (Å²) in [6.07, 6.45) is 0. The highest BCUT2D eigenvalue weighted by Gasteiger charge is 2.29. The van der Waals surface area contributed by atoms with E-state index in [0.29, 0.717) is 17.6 Å². The van der Waals surface area contributed by atoms with Gasteiger partial charge in [0.25, 0.3) is 0 Å². The highest BCUT2D eigenvalue weighted by atomic mass is 15.2. The molecule has 2 heterocycles. The second-order valence-electron chi connectivity index (χ2n) is 13.2. The topological polar surface area (TPSA) is 43.6 Å². The molecule has 0 amide bonds. The molecule has 4 heteroatoms. The van der Waals surface area contributed by atoms with Gasteiger partial charge in [-0.1, -0.05) is 146 Å². The first kappa shape index (κ1) is 28.0. The van der Waals surface area contributed by atoms with Crippen molar-refractivity contribution in [3.05, 3.63) is 170 Å². The fraction of sp³-hybridized carbons (Fsp3) is 0. The van der Waals surface area contributed by atoms with Gasteiger partial charge in [-0.2, -0.15) is 9.97 Å². The molecule has 10 aromatic rings. The number of benzene rings is 8.